The first kappa shape index (κ1) is 13.2. The molecule has 0 aliphatic carbocycles. The summed E-state index contributed by atoms with van der Waals surface area (Å²) in [7, 11) is 3.11. The summed E-state index contributed by atoms with van der Waals surface area (Å²) in [6, 6.07) is 6.84. The van der Waals surface area contributed by atoms with Crippen LogP contribution >= 0.6 is 0 Å². The summed E-state index contributed by atoms with van der Waals surface area (Å²) < 4.78 is 6.06. The van der Waals surface area contributed by atoms with Gasteiger partial charge in [0.05, 0.1) is 19.3 Å². The van der Waals surface area contributed by atoms with Gasteiger partial charge in [0, 0.05) is 18.8 Å². The molecule has 0 aromatic carbocycles. The van der Waals surface area contributed by atoms with Gasteiger partial charge in [-0.2, -0.15) is 0 Å². The second-order valence-electron chi connectivity index (χ2n) is 4.26. The number of ether oxygens (including phenoxy) is 1. The number of pyridine rings is 1. The van der Waals surface area contributed by atoms with Crippen LogP contribution in [0.4, 0.5) is 0 Å². The summed E-state index contributed by atoms with van der Waals surface area (Å²) in [5.41, 5.74) is 1.09. The molecule has 0 radical (unpaired) electrons. The fourth-order valence-corrected chi connectivity index (χ4v) is 1.80. The quantitative estimate of drug-likeness (QED) is 0.741. The first-order chi connectivity index (χ1) is 9.10. The summed E-state index contributed by atoms with van der Waals surface area (Å²) in [4.78, 5) is 29.1. The van der Waals surface area contributed by atoms with Crippen LogP contribution in [0.3, 0.4) is 0 Å². The Labute approximate surface area is 110 Å². The smallest absolute Gasteiger partial charge is 0.319 e. The lowest BCUT2D eigenvalue weighted by molar-refractivity contribution is -0.141. The van der Waals surface area contributed by atoms with Crippen LogP contribution in [-0.2, 0) is 16.1 Å². The normalized spacial score (nSPS) is 10.9. The average Bonchev–Trinajstić information content (AvgIpc) is 2.38. The second-order valence-corrected chi connectivity index (χ2v) is 4.26. The minimum atomic E-state index is -0.319. The molecule has 0 fully saturated rings. The van der Waals surface area contributed by atoms with E-state index in [1.807, 2.05) is 6.07 Å². The zero-order valence-corrected chi connectivity index (χ0v) is 10.9. The monoisotopic (exact) mass is 261 g/mol. The molecule has 0 saturated heterocycles. The predicted octanol–water partition coefficient (Wildman–Crippen LogP) is 0.299. The van der Waals surface area contributed by atoms with Crippen molar-refractivity contribution in [1.82, 2.24) is 14.3 Å². The lowest BCUT2D eigenvalue weighted by Gasteiger charge is -2.14. The highest BCUT2D eigenvalue weighted by atomic mass is 16.5. The lowest BCUT2D eigenvalue weighted by Crippen LogP contribution is -2.27. The highest BCUT2D eigenvalue weighted by molar-refractivity contribution is 5.71. The van der Waals surface area contributed by atoms with Gasteiger partial charge in [-0.15, -0.1) is 0 Å². The van der Waals surface area contributed by atoms with Crippen LogP contribution < -0.4 is 5.56 Å². The molecule has 0 atom stereocenters. The standard InChI is InChI=1S/C13H15N3O3/c1-15(9-13(18)19-2)8-10-7-12(17)16-6-4-3-5-11(16)14-10/h3-7H,8-9H2,1-2H3. The molecular weight excluding hydrogens is 246 g/mol. The Morgan fingerprint density at radius 2 is 2.26 bits per heavy atom. The van der Waals surface area contributed by atoms with Gasteiger partial charge in [-0.1, -0.05) is 6.07 Å². The van der Waals surface area contributed by atoms with Crippen LogP contribution in [0.1, 0.15) is 5.69 Å². The largest absolute Gasteiger partial charge is 0.468 e. The molecule has 2 aromatic rings. The van der Waals surface area contributed by atoms with Crippen LogP contribution in [0.5, 0.6) is 0 Å². The Balaban J connectivity index is 2.22. The van der Waals surface area contributed by atoms with Crippen molar-refractivity contribution < 1.29 is 9.53 Å². The summed E-state index contributed by atoms with van der Waals surface area (Å²) in [5.74, 6) is -0.319. The number of hydrogen-bond acceptors (Lipinski definition) is 5. The number of hydrogen-bond donors (Lipinski definition) is 0. The number of fused-ring (bicyclic) bond motifs is 1. The summed E-state index contributed by atoms with van der Waals surface area (Å²) in [6.45, 7) is 0.572. The molecule has 6 nitrogen and oxygen atoms in total. The van der Waals surface area contributed by atoms with Crippen molar-refractivity contribution in [1.29, 1.82) is 0 Å². The van der Waals surface area contributed by atoms with Gasteiger partial charge in [0.25, 0.3) is 5.56 Å². The molecule has 6 heteroatoms. The Kier molecular flexibility index (Phi) is 3.91. The second kappa shape index (κ2) is 5.62. The molecule has 19 heavy (non-hydrogen) atoms. The number of aromatic nitrogens is 2. The van der Waals surface area contributed by atoms with E-state index in [1.165, 1.54) is 17.6 Å². The van der Waals surface area contributed by atoms with Crippen LogP contribution in [-0.4, -0.2) is 41.0 Å². The molecule has 0 aliphatic heterocycles. The molecule has 0 spiro atoms. The van der Waals surface area contributed by atoms with Gasteiger partial charge in [-0.25, -0.2) is 4.98 Å². The zero-order chi connectivity index (χ0) is 13.8. The third kappa shape index (κ3) is 3.17. The predicted molar refractivity (Wildman–Crippen MR) is 69.8 cm³/mol. The van der Waals surface area contributed by atoms with Gasteiger partial charge in [0.1, 0.15) is 5.65 Å². The van der Waals surface area contributed by atoms with Crippen molar-refractivity contribution in [3.05, 3.63) is 46.5 Å². The van der Waals surface area contributed by atoms with Gasteiger partial charge in [0.2, 0.25) is 0 Å². The third-order valence-corrected chi connectivity index (χ3v) is 2.68. The maximum Gasteiger partial charge on any atom is 0.319 e. The van der Waals surface area contributed by atoms with E-state index < -0.39 is 0 Å². The Morgan fingerprint density at radius 1 is 1.47 bits per heavy atom. The van der Waals surface area contributed by atoms with Crippen molar-refractivity contribution in [3.8, 4) is 0 Å². The molecular formula is C13H15N3O3. The molecule has 0 amide bonds. The van der Waals surface area contributed by atoms with Gasteiger partial charge in [-0.05, 0) is 19.2 Å². The van der Waals surface area contributed by atoms with E-state index in [0.29, 0.717) is 17.9 Å². The fourth-order valence-electron chi connectivity index (χ4n) is 1.80. The number of methoxy groups -OCH3 is 1. The van der Waals surface area contributed by atoms with E-state index in [2.05, 4.69) is 9.72 Å². The summed E-state index contributed by atoms with van der Waals surface area (Å²) in [5, 5.41) is 0. The van der Waals surface area contributed by atoms with Crippen molar-refractivity contribution in [2.45, 2.75) is 6.54 Å². The Hall–Kier alpha value is -2.21. The van der Waals surface area contributed by atoms with E-state index in [9.17, 15) is 9.59 Å². The molecule has 0 unspecified atom stereocenters. The molecule has 0 N–H and O–H groups in total. The molecule has 2 aromatic heterocycles. The number of esters is 1. The lowest BCUT2D eigenvalue weighted by atomic mass is 10.3. The van der Waals surface area contributed by atoms with Crippen LogP contribution in [0.25, 0.3) is 5.65 Å². The molecule has 2 rings (SSSR count). The van der Waals surface area contributed by atoms with E-state index in [-0.39, 0.29) is 18.1 Å². The molecule has 0 saturated carbocycles. The Morgan fingerprint density at radius 3 is 3.00 bits per heavy atom. The third-order valence-electron chi connectivity index (χ3n) is 2.68. The Bertz CT molecular complexity index is 651. The first-order valence-corrected chi connectivity index (χ1v) is 5.83. The zero-order valence-electron chi connectivity index (χ0n) is 10.9. The SMILES string of the molecule is COC(=O)CN(C)Cc1cc(=O)n2ccccc2n1. The van der Waals surface area contributed by atoms with Crippen molar-refractivity contribution in [2.75, 3.05) is 20.7 Å². The van der Waals surface area contributed by atoms with Gasteiger partial charge in [0.15, 0.2) is 0 Å². The number of likely N-dealkylation sites (N-methyl/N-ethyl adjacent to an activating group) is 1. The molecule has 0 aliphatic rings. The fraction of sp³-hybridized carbons (Fsp3) is 0.308. The highest BCUT2D eigenvalue weighted by Crippen LogP contribution is 2.01. The highest BCUT2D eigenvalue weighted by Gasteiger charge is 2.09. The molecule has 0 bridgehead atoms. The number of carbonyl (C=O) groups excluding carboxylic acids is 1. The summed E-state index contributed by atoms with van der Waals surface area (Å²) in [6.07, 6.45) is 1.67. The number of rotatable bonds is 4. The van der Waals surface area contributed by atoms with E-state index in [4.69, 9.17) is 0 Å². The van der Waals surface area contributed by atoms with E-state index in [0.717, 1.165) is 0 Å². The topological polar surface area (TPSA) is 63.9 Å². The van der Waals surface area contributed by atoms with E-state index >= 15 is 0 Å². The minimum Gasteiger partial charge on any atom is -0.468 e. The number of nitrogens with zero attached hydrogens (tertiary/aromatic N) is 3. The van der Waals surface area contributed by atoms with Crippen molar-refractivity contribution >= 4 is 11.6 Å². The average molecular weight is 261 g/mol. The van der Waals surface area contributed by atoms with Crippen molar-refractivity contribution in [3.63, 3.8) is 0 Å². The van der Waals surface area contributed by atoms with Crippen LogP contribution in [0.2, 0.25) is 0 Å². The van der Waals surface area contributed by atoms with Gasteiger partial charge < -0.3 is 4.74 Å². The summed E-state index contributed by atoms with van der Waals surface area (Å²) >= 11 is 0. The maximum absolute atomic E-state index is 11.9. The molecule has 2 heterocycles. The minimum absolute atomic E-state index is 0.132. The van der Waals surface area contributed by atoms with Crippen molar-refractivity contribution in [2.24, 2.45) is 0 Å². The first-order valence-electron chi connectivity index (χ1n) is 5.83. The maximum atomic E-state index is 11.9. The number of carbonyl (C=O) groups is 1. The van der Waals surface area contributed by atoms with Crippen LogP contribution in [0.15, 0.2) is 35.3 Å². The van der Waals surface area contributed by atoms with Gasteiger partial charge >= 0.3 is 5.97 Å². The molecule has 100 valence electrons. The van der Waals surface area contributed by atoms with Crippen LogP contribution in [0, 0.1) is 0 Å². The van der Waals surface area contributed by atoms with E-state index in [1.54, 1.807) is 30.3 Å². The van der Waals surface area contributed by atoms with Gasteiger partial charge in [-0.3, -0.25) is 18.9 Å².